The molecule has 1 aromatic heterocycles. The summed E-state index contributed by atoms with van der Waals surface area (Å²) in [4.78, 5) is 13.4. The van der Waals surface area contributed by atoms with Gasteiger partial charge in [-0.15, -0.1) is 10.2 Å². The number of benzene rings is 3. The van der Waals surface area contributed by atoms with E-state index in [1.807, 2.05) is 91.2 Å². The van der Waals surface area contributed by atoms with Crippen molar-refractivity contribution in [2.75, 3.05) is 12.4 Å². The first-order valence-electron chi connectivity index (χ1n) is 10.2. The molecule has 0 aliphatic carbocycles. The molecule has 0 aliphatic rings. The zero-order valence-electron chi connectivity index (χ0n) is 18.1. The molecule has 0 saturated heterocycles. The summed E-state index contributed by atoms with van der Waals surface area (Å²) in [5, 5.41) is 11.8. The van der Waals surface area contributed by atoms with Gasteiger partial charge in [-0.1, -0.05) is 54.2 Å². The highest BCUT2D eigenvalue weighted by molar-refractivity contribution is 8.00. The maximum Gasteiger partial charge on any atom is 0.242 e. The minimum atomic E-state index is -0.509. The summed E-state index contributed by atoms with van der Waals surface area (Å²) in [7, 11) is 1.61. The third-order valence-electron chi connectivity index (χ3n) is 4.98. The second-order valence-corrected chi connectivity index (χ2v) is 8.40. The average Bonchev–Trinajstić information content (AvgIpc) is 3.18. The molecule has 1 heterocycles. The maximum atomic E-state index is 13.4. The SMILES string of the molecule is COc1ccc(NC(=O)C(Sc2nnc(C)n2-c2cccc(C)c2)c2ccccc2)cc1. The summed E-state index contributed by atoms with van der Waals surface area (Å²) in [5.74, 6) is 1.36. The van der Waals surface area contributed by atoms with Crippen LogP contribution in [0.2, 0.25) is 0 Å². The van der Waals surface area contributed by atoms with Crippen LogP contribution in [0.3, 0.4) is 0 Å². The van der Waals surface area contributed by atoms with Crippen molar-refractivity contribution in [3.05, 3.63) is 95.8 Å². The average molecular weight is 445 g/mol. The molecule has 0 fully saturated rings. The molecule has 162 valence electrons. The van der Waals surface area contributed by atoms with Crippen LogP contribution in [-0.4, -0.2) is 27.8 Å². The van der Waals surface area contributed by atoms with Gasteiger partial charge in [-0.05, 0) is 61.4 Å². The van der Waals surface area contributed by atoms with Gasteiger partial charge in [0, 0.05) is 11.4 Å². The van der Waals surface area contributed by atoms with Crippen LogP contribution in [0.15, 0.2) is 84.0 Å². The van der Waals surface area contributed by atoms with E-state index in [0.717, 1.165) is 28.4 Å². The van der Waals surface area contributed by atoms with Gasteiger partial charge in [-0.3, -0.25) is 9.36 Å². The van der Waals surface area contributed by atoms with Gasteiger partial charge in [0.2, 0.25) is 5.91 Å². The molecule has 0 aliphatic heterocycles. The van der Waals surface area contributed by atoms with Crippen LogP contribution in [0.5, 0.6) is 5.75 Å². The van der Waals surface area contributed by atoms with Crippen molar-refractivity contribution < 1.29 is 9.53 Å². The zero-order valence-corrected chi connectivity index (χ0v) is 19.0. The molecule has 1 amide bonds. The molecule has 1 atom stereocenters. The van der Waals surface area contributed by atoms with E-state index < -0.39 is 5.25 Å². The summed E-state index contributed by atoms with van der Waals surface area (Å²) in [6.07, 6.45) is 0. The lowest BCUT2D eigenvalue weighted by Crippen LogP contribution is -2.19. The lowest BCUT2D eigenvalue weighted by molar-refractivity contribution is -0.115. The second-order valence-electron chi connectivity index (χ2n) is 7.33. The Morgan fingerprint density at radius 2 is 1.72 bits per heavy atom. The fraction of sp³-hybridized carbons (Fsp3) is 0.160. The number of nitrogens with one attached hydrogen (secondary N) is 1. The van der Waals surface area contributed by atoms with Crippen molar-refractivity contribution >= 4 is 23.4 Å². The van der Waals surface area contributed by atoms with E-state index in [1.54, 1.807) is 7.11 Å². The van der Waals surface area contributed by atoms with E-state index in [9.17, 15) is 4.79 Å². The highest BCUT2D eigenvalue weighted by Gasteiger charge is 2.26. The van der Waals surface area contributed by atoms with E-state index >= 15 is 0 Å². The number of carbonyl (C=O) groups excluding carboxylic acids is 1. The number of hydrogen-bond donors (Lipinski definition) is 1. The first-order valence-corrected chi connectivity index (χ1v) is 11.1. The summed E-state index contributed by atoms with van der Waals surface area (Å²) >= 11 is 1.38. The van der Waals surface area contributed by atoms with Crippen molar-refractivity contribution in [3.8, 4) is 11.4 Å². The molecule has 1 unspecified atom stereocenters. The minimum absolute atomic E-state index is 0.136. The number of methoxy groups -OCH3 is 1. The largest absolute Gasteiger partial charge is 0.497 e. The molecule has 32 heavy (non-hydrogen) atoms. The van der Waals surface area contributed by atoms with Crippen LogP contribution < -0.4 is 10.1 Å². The minimum Gasteiger partial charge on any atom is -0.497 e. The van der Waals surface area contributed by atoms with Gasteiger partial charge in [0.15, 0.2) is 5.16 Å². The standard InChI is InChI=1S/C25H24N4O2S/c1-17-8-7-11-21(16-17)29-18(2)27-28-25(29)32-23(19-9-5-4-6-10-19)24(30)26-20-12-14-22(31-3)15-13-20/h4-16,23H,1-3H3,(H,26,30). The molecule has 3 aromatic carbocycles. The van der Waals surface area contributed by atoms with Crippen LogP contribution in [0, 0.1) is 13.8 Å². The lowest BCUT2D eigenvalue weighted by Gasteiger charge is -2.18. The molecular formula is C25H24N4O2S. The van der Waals surface area contributed by atoms with Crippen molar-refractivity contribution in [2.24, 2.45) is 0 Å². The van der Waals surface area contributed by atoms with Gasteiger partial charge in [-0.25, -0.2) is 0 Å². The number of aryl methyl sites for hydroxylation is 2. The smallest absolute Gasteiger partial charge is 0.242 e. The topological polar surface area (TPSA) is 69.0 Å². The Balaban J connectivity index is 1.66. The fourth-order valence-electron chi connectivity index (χ4n) is 3.37. The highest BCUT2D eigenvalue weighted by atomic mass is 32.2. The van der Waals surface area contributed by atoms with Crippen LogP contribution in [-0.2, 0) is 4.79 Å². The van der Waals surface area contributed by atoms with E-state index in [1.165, 1.54) is 11.8 Å². The number of amides is 1. The third-order valence-corrected chi connectivity index (χ3v) is 6.17. The van der Waals surface area contributed by atoms with Crippen LogP contribution in [0.4, 0.5) is 5.69 Å². The molecule has 4 aromatic rings. The maximum absolute atomic E-state index is 13.4. The predicted molar refractivity (Wildman–Crippen MR) is 127 cm³/mol. The van der Waals surface area contributed by atoms with Gasteiger partial charge in [0.25, 0.3) is 0 Å². The van der Waals surface area contributed by atoms with Crippen molar-refractivity contribution in [1.29, 1.82) is 0 Å². The quantitative estimate of drug-likeness (QED) is 0.388. The Bertz CT molecular complexity index is 1210. The Kier molecular flexibility index (Phi) is 6.56. The van der Waals surface area contributed by atoms with Crippen LogP contribution >= 0.6 is 11.8 Å². The fourth-order valence-corrected chi connectivity index (χ4v) is 4.47. The Labute approximate surface area is 191 Å². The van der Waals surface area contributed by atoms with Crippen LogP contribution in [0.1, 0.15) is 22.2 Å². The van der Waals surface area contributed by atoms with Gasteiger partial charge in [0.1, 0.15) is 16.8 Å². The normalized spacial score (nSPS) is 11.7. The van der Waals surface area contributed by atoms with Crippen molar-refractivity contribution in [3.63, 3.8) is 0 Å². The van der Waals surface area contributed by atoms with E-state index in [4.69, 9.17) is 4.74 Å². The molecule has 1 N–H and O–H groups in total. The number of ether oxygens (including phenoxy) is 1. The Morgan fingerprint density at radius 1 is 0.969 bits per heavy atom. The molecule has 7 heteroatoms. The molecule has 0 spiro atoms. The molecule has 0 saturated carbocycles. The van der Waals surface area contributed by atoms with Crippen molar-refractivity contribution in [1.82, 2.24) is 14.8 Å². The lowest BCUT2D eigenvalue weighted by atomic mass is 10.1. The summed E-state index contributed by atoms with van der Waals surface area (Å²) in [5.41, 5.74) is 3.70. The van der Waals surface area contributed by atoms with E-state index in [0.29, 0.717) is 10.8 Å². The third kappa shape index (κ3) is 4.84. The highest BCUT2D eigenvalue weighted by Crippen LogP contribution is 2.37. The first-order chi connectivity index (χ1) is 15.5. The number of hydrogen-bond acceptors (Lipinski definition) is 5. The first kappa shape index (κ1) is 21.6. The van der Waals surface area contributed by atoms with Gasteiger partial charge in [0.05, 0.1) is 7.11 Å². The molecule has 4 rings (SSSR count). The molecule has 0 radical (unpaired) electrons. The van der Waals surface area contributed by atoms with Gasteiger partial charge < -0.3 is 10.1 Å². The van der Waals surface area contributed by atoms with Crippen molar-refractivity contribution in [2.45, 2.75) is 24.3 Å². The summed E-state index contributed by atoms with van der Waals surface area (Å²) < 4.78 is 7.18. The Hall–Kier alpha value is -3.58. The van der Waals surface area contributed by atoms with E-state index in [-0.39, 0.29) is 5.91 Å². The number of rotatable bonds is 7. The number of nitrogens with zero attached hydrogens (tertiary/aromatic N) is 3. The summed E-state index contributed by atoms with van der Waals surface area (Å²) in [6, 6.07) is 25.1. The molecule has 6 nitrogen and oxygen atoms in total. The zero-order chi connectivity index (χ0) is 22.5. The summed E-state index contributed by atoms with van der Waals surface area (Å²) in [6.45, 7) is 3.96. The van der Waals surface area contributed by atoms with Gasteiger partial charge in [-0.2, -0.15) is 0 Å². The number of aromatic nitrogens is 3. The van der Waals surface area contributed by atoms with E-state index in [2.05, 4.69) is 21.6 Å². The number of thioether (sulfide) groups is 1. The number of carbonyl (C=O) groups is 1. The second kappa shape index (κ2) is 9.70. The monoisotopic (exact) mass is 444 g/mol. The molecule has 0 bridgehead atoms. The predicted octanol–water partition coefficient (Wildman–Crippen LogP) is 5.36. The van der Waals surface area contributed by atoms with Gasteiger partial charge >= 0.3 is 0 Å². The van der Waals surface area contributed by atoms with Crippen LogP contribution in [0.25, 0.3) is 5.69 Å². The molecular weight excluding hydrogens is 420 g/mol. The Morgan fingerprint density at radius 3 is 2.41 bits per heavy atom. The number of anilines is 1.